The van der Waals surface area contributed by atoms with E-state index in [9.17, 15) is 14.9 Å². The lowest BCUT2D eigenvalue weighted by molar-refractivity contribution is -0.388. The minimum Gasteiger partial charge on any atom is -0.481 e. The fraction of sp³-hybridized carbons (Fsp3) is 0.667. The molecule has 0 aliphatic heterocycles. The van der Waals surface area contributed by atoms with E-state index in [-0.39, 0.29) is 12.2 Å². The van der Waals surface area contributed by atoms with Crippen LogP contribution in [0.4, 0.5) is 11.6 Å². The first-order valence-electron chi connectivity index (χ1n) is 6.57. The molecule has 0 saturated heterocycles. The summed E-state index contributed by atoms with van der Waals surface area (Å²) < 4.78 is 1.57. The van der Waals surface area contributed by atoms with E-state index in [4.69, 9.17) is 5.11 Å². The van der Waals surface area contributed by atoms with E-state index < -0.39 is 10.9 Å². The Morgan fingerprint density at radius 2 is 2.30 bits per heavy atom. The summed E-state index contributed by atoms with van der Waals surface area (Å²) in [5.41, 5.74) is 0. The number of aryl methyl sites for hydroxylation is 1. The SMILES string of the molecule is CCC(CCNc1c([N+](=O)[O-])ncn1C)CCC(=O)O. The van der Waals surface area contributed by atoms with E-state index >= 15 is 0 Å². The normalized spacial score (nSPS) is 12.1. The van der Waals surface area contributed by atoms with Crippen LogP contribution in [0, 0.1) is 16.0 Å². The summed E-state index contributed by atoms with van der Waals surface area (Å²) >= 11 is 0. The lowest BCUT2D eigenvalue weighted by Crippen LogP contribution is -2.12. The molecule has 0 spiro atoms. The molecule has 1 atom stereocenters. The number of aromatic nitrogens is 2. The van der Waals surface area contributed by atoms with Crippen LogP contribution in [-0.2, 0) is 11.8 Å². The number of imidazole rings is 1. The number of carbonyl (C=O) groups is 1. The number of nitrogens with one attached hydrogen (secondary N) is 1. The molecule has 0 aliphatic carbocycles. The number of anilines is 1. The van der Waals surface area contributed by atoms with Crippen LogP contribution in [0.25, 0.3) is 0 Å². The van der Waals surface area contributed by atoms with E-state index in [2.05, 4.69) is 10.3 Å². The van der Waals surface area contributed by atoms with Crippen LogP contribution in [0.2, 0.25) is 0 Å². The number of hydrogen-bond acceptors (Lipinski definition) is 5. The van der Waals surface area contributed by atoms with Crippen molar-refractivity contribution < 1.29 is 14.8 Å². The van der Waals surface area contributed by atoms with Crippen molar-refractivity contribution in [2.45, 2.75) is 32.6 Å². The zero-order chi connectivity index (χ0) is 15.1. The first-order chi connectivity index (χ1) is 9.45. The largest absolute Gasteiger partial charge is 0.481 e. The molecule has 1 aromatic heterocycles. The van der Waals surface area contributed by atoms with Crippen LogP contribution in [0.5, 0.6) is 0 Å². The molecule has 1 aromatic rings. The van der Waals surface area contributed by atoms with Gasteiger partial charge in [-0.2, -0.15) is 0 Å². The van der Waals surface area contributed by atoms with Gasteiger partial charge in [0.15, 0.2) is 0 Å². The summed E-state index contributed by atoms with van der Waals surface area (Å²) in [6.07, 6.45) is 3.84. The molecular formula is C12H20N4O4. The Bertz CT molecular complexity index is 472. The van der Waals surface area contributed by atoms with Crippen molar-refractivity contribution in [3.63, 3.8) is 0 Å². The topological polar surface area (TPSA) is 110 Å². The first kappa shape index (κ1) is 15.9. The van der Waals surface area contributed by atoms with Gasteiger partial charge >= 0.3 is 11.8 Å². The maximum Gasteiger partial charge on any atom is 0.406 e. The Kier molecular flexibility index (Phi) is 5.95. The minimum atomic E-state index is -0.793. The molecule has 0 bridgehead atoms. The third-order valence-corrected chi connectivity index (χ3v) is 3.28. The number of nitrogens with zero attached hydrogens (tertiary/aromatic N) is 3. The van der Waals surface area contributed by atoms with Crippen molar-refractivity contribution in [3.8, 4) is 0 Å². The molecule has 0 saturated carbocycles. The van der Waals surface area contributed by atoms with Gasteiger partial charge in [0.1, 0.15) is 0 Å². The van der Waals surface area contributed by atoms with Gasteiger partial charge < -0.3 is 20.5 Å². The number of aliphatic carboxylic acids is 1. The third kappa shape index (κ3) is 4.52. The maximum absolute atomic E-state index is 10.8. The smallest absolute Gasteiger partial charge is 0.406 e. The predicted molar refractivity (Wildman–Crippen MR) is 73.6 cm³/mol. The second-order valence-corrected chi connectivity index (χ2v) is 4.71. The summed E-state index contributed by atoms with van der Waals surface area (Å²) in [5, 5.41) is 22.5. The number of hydrogen-bond donors (Lipinski definition) is 2. The molecule has 20 heavy (non-hydrogen) atoms. The zero-order valence-electron chi connectivity index (χ0n) is 11.7. The maximum atomic E-state index is 10.8. The summed E-state index contributed by atoms with van der Waals surface area (Å²) in [6.45, 7) is 2.57. The van der Waals surface area contributed by atoms with E-state index in [0.717, 1.165) is 12.8 Å². The van der Waals surface area contributed by atoms with Gasteiger partial charge in [-0.3, -0.25) is 9.36 Å². The first-order valence-corrected chi connectivity index (χ1v) is 6.57. The molecule has 0 fully saturated rings. The van der Waals surface area contributed by atoms with E-state index in [1.807, 2.05) is 6.92 Å². The molecule has 0 aromatic carbocycles. The standard InChI is InChI=1S/C12H20N4O4/c1-3-9(4-5-10(17)18)6-7-13-11-12(16(19)20)14-8-15(11)2/h8-9,13H,3-7H2,1-2H3,(H,17,18). The van der Waals surface area contributed by atoms with Crippen LogP contribution in [0.3, 0.4) is 0 Å². The second kappa shape index (κ2) is 7.46. The van der Waals surface area contributed by atoms with E-state index in [1.54, 1.807) is 11.6 Å². The van der Waals surface area contributed by atoms with Crippen LogP contribution < -0.4 is 5.32 Å². The third-order valence-electron chi connectivity index (χ3n) is 3.28. The van der Waals surface area contributed by atoms with Crippen molar-refractivity contribution in [2.24, 2.45) is 13.0 Å². The van der Waals surface area contributed by atoms with Gasteiger partial charge in [0, 0.05) is 20.0 Å². The molecule has 1 heterocycles. The summed E-state index contributed by atoms with van der Waals surface area (Å²) in [4.78, 5) is 24.5. The molecule has 0 aliphatic rings. The van der Waals surface area contributed by atoms with Gasteiger partial charge in [-0.1, -0.05) is 13.3 Å². The van der Waals surface area contributed by atoms with Crippen molar-refractivity contribution in [3.05, 3.63) is 16.4 Å². The Hall–Kier alpha value is -2.12. The Balaban J connectivity index is 2.48. The lowest BCUT2D eigenvalue weighted by atomic mass is 9.97. The second-order valence-electron chi connectivity index (χ2n) is 4.71. The number of carboxylic acids is 1. The van der Waals surface area contributed by atoms with Crippen LogP contribution >= 0.6 is 0 Å². The molecule has 112 valence electrons. The molecule has 1 rings (SSSR count). The molecule has 2 N–H and O–H groups in total. The van der Waals surface area contributed by atoms with Gasteiger partial charge in [-0.25, -0.2) is 0 Å². The molecule has 0 radical (unpaired) electrons. The molecule has 0 amide bonds. The highest BCUT2D eigenvalue weighted by Crippen LogP contribution is 2.22. The van der Waals surface area contributed by atoms with Crippen molar-refractivity contribution >= 4 is 17.6 Å². The van der Waals surface area contributed by atoms with Gasteiger partial charge in [-0.05, 0) is 28.7 Å². The highest BCUT2D eigenvalue weighted by atomic mass is 16.6. The van der Waals surface area contributed by atoms with E-state index in [1.165, 1.54) is 6.33 Å². The van der Waals surface area contributed by atoms with Gasteiger partial charge in [0.2, 0.25) is 12.1 Å². The van der Waals surface area contributed by atoms with Gasteiger partial charge in [0.05, 0.1) is 0 Å². The highest BCUT2D eigenvalue weighted by Gasteiger charge is 2.19. The van der Waals surface area contributed by atoms with Crippen molar-refractivity contribution in [2.75, 3.05) is 11.9 Å². The quantitative estimate of drug-likeness (QED) is 0.530. The lowest BCUT2D eigenvalue weighted by Gasteiger charge is -2.14. The Morgan fingerprint density at radius 3 is 2.85 bits per heavy atom. The number of nitro groups is 1. The molecule has 8 nitrogen and oxygen atoms in total. The van der Waals surface area contributed by atoms with Crippen molar-refractivity contribution in [1.82, 2.24) is 9.55 Å². The molecule has 1 unspecified atom stereocenters. The average Bonchev–Trinajstić information content (AvgIpc) is 2.75. The van der Waals surface area contributed by atoms with Crippen LogP contribution in [0.1, 0.15) is 32.6 Å². The number of carboxylic acid groups (broad SMARTS) is 1. The van der Waals surface area contributed by atoms with Crippen LogP contribution in [0.15, 0.2) is 6.33 Å². The number of rotatable bonds is 9. The highest BCUT2D eigenvalue weighted by molar-refractivity contribution is 5.66. The molecule has 8 heteroatoms. The fourth-order valence-corrected chi connectivity index (χ4v) is 2.03. The van der Waals surface area contributed by atoms with Gasteiger partial charge in [-0.15, -0.1) is 0 Å². The average molecular weight is 284 g/mol. The molecular weight excluding hydrogens is 264 g/mol. The summed E-state index contributed by atoms with van der Waals surface area (Å²) in [7, 11) is 1.68. The Morgan fingerprint density at radius 1 is 1.60 bits per heavy atom. The summed E-state index contributed by atoms with van der Waals surface area (Å²) in [6, 6.07) is 0. The zero-order valence-corrected chi connectivity index (χ0v) is 11.7. The van der Waals surface area contributed by atoms with Crippen LogP contribution in [-0.4, -0.2) is 32.1 Å². The fourth-order valence-electron chi connectivity index (χ4n) is 2.03. The van der Waals surface area contributed by atoms with E-state index in [0.29, 0.717) is 24.7 Å². The Labute approximate surface area is 117 Å². The summed E-state index contributed by atoms with van der Waals surface area (Å²) in [5.74, 6) is -0.307. The minimum absolute atomic E-state index is 0.157. The monoisotopic (exact) mass is 284 g/mol. The van der Waals surface area contributed by atoms with Crippen molar-refractivity contribution in [1.29, 1.82) is 0 Å². The predicted octanol–water partition coefficient (Wildman–Crippen LogP) is 2.02. The van der Waals surface area contributed by atoms with Gasteiger partial charge in [0.25, 0.3) is 0 Å².